The molecular weight excluding hydrogens is 258 g/mol. The maximum atomic E-state index is 12.2. The number of aliphatic carboxylic acids is 1. The Balaban J connectivity index is 1.77. The lowest BCUT2D eigenvalue weighted by molar-refractivity contribution is -0.137. The molecule has 0 aromatic rings. The zero-order chi connectivity index (χ0) is 14.4. The molecule has 6 heteroatoms. The van der Waals surface area contributed by atoms with Crippen molar-refractivity contribution in [2.75, 3.05) is 26.2 Å². The first-order valence-corrected chi connectivity index (χ1v) is 7.64. The van der Waals surface area contributed by atoms with Crippen molar-refractivity contribution in [1.82, 2.24) is 15.5 Å². The number of nitrogens with zero attached hydrogens (tertiary/aromatic N) is 1. The third-order valence-electron chi connectivity index (χ3n) is 4.24. The van der Waals surface area contributed by atoms with Crippen LogP contribution in [0.15, 0.2) is 0 Å². The predicted octanol–water partition coefficient (Wildman–Crippen LogP) is 0.184. The highest BCUT2D eigenvalue weighted by atomic mass is 16.4. The fourth-order valence-electron chi connectivity index (χ4n) is 3.21. The molecule has 0 bridgehead atoms. The fourth-order valence-corrected chi connectivity index (χ4v) is 3.21. The van der Waals surface area contributed by atoms with Crippen LogP contribution in [0.4, 0.5) is 0 Å². The van der Waals surface area contributed by atoms with Crippen molar-refractivity contribution in [3.8, 4) is 0 Å². The highest BCUT2D eigenvalue weighted by Crippen LogP contribution is 2.24. The molecule has 1 atom stereocenters. The van der Waals surface area contributed by atoms with E-state index in [2.05, 4.69) is 15.5 Å². The lowest BCUT2D eigenvalue weighted by Crippen LogP contribution is -2.50. The number of piperidine rings is 1. The lowest BCUT2D eigenvalue weighted by atomic mass is 10.0. The molecule has 1 unspecified atom stereocenters. The van der Waals surface area contributed by atoms with Crippen molar-refractivity contribution in [2.24, 2.45) is 0 Å². The molecule has 1 amide bonds. The highest BCUT2D eigenvalue weighted by Gasteiger charge is 2.35. The average Bonchev–Trinajstić information content (AvgIpc) is 2.93. The molecule has 114 valence electrons. The molecule has 0 aliphatic carbocycles. The topological polar surface area (TPSA) is 81.7 Å². The summed E-state index contributed by atoms with van der Waals surface area (Å²) >= 11 is 0. The van der Waals surface area contributed by atoms with Gasteiger partial charge < -0.3 is 15.7 Å². The summed E-state index contributed by atoms with van der Waals surface area (Å²) in [5.41, 5.74) is 0. The van der Waals surface area contributed by atoms with E-state index in [-0.39, 0.29) is 18.4 Å². The monoisotopic (exact) mass is 283 g/mol. The smallest absolute Gasteiger partial charge is 0.303 e. The lowest BCUT2D eigenvalue weighted by Gasteiger charge is -2.35. The zero-order valence-electron chi connectivity index (χ0n) is 11.9. The second-order valence-electron chi connectivity index (χ2n) is 5.67. The summed E-state index contributed by atoms with van der Waals surface area (Å²) in [6.07, 6.45) is 4.85. The molecule has 0 saturated carbocycles. The van der Waals surface area contributed by atoms with Crippen LogP contribution in [-0.4, -0.2) is 60.1 Å². The van der Waals surface area contributed by atoms with E-state index in [1.54, 1.807) is 0 Å². The van der Waals surface area contributed by atoms with Gasteiger partial charge in [0.15, 0.2) is 0 Å². The number of rotatable bonds is 6. The molecule has 2 fully saturated rings. The van der Waals surface area contributed by atoms with Gasteiger partial charge >= 0.3 is 5.97 Å². The van der Waals surface area contributed by atoms with Crippen LogP contribution in [0.1, 0.15) is 38.5 Å². The van der Waals surface area contributed by atoms with Gasteiger partial charge in [0, 0.05) is 19.0 Å². The first-order chi connectivity index (χ1) is 9.68. The van der Waals surface area contributed by atoms with Crippen molar-refractivity contribution in [2.45, 2.75) is 50.6 Å². The maximum absolute atomic E-state index is 12.2. The predicted molar refractivity (Wildman–Crippen MR) is 75.5 cm³/mol. The van der Waals surface area contributed by atoms with E-state index in [9.17, 15) is 9.59 Å². The number of likely N-dealkylation sites (tertiary alicyclic amines) is 1. The maximum Gasteiger partial charge on any atom is 0.303 e. The van der Waals surface area contributed by atoms with E-state index in [4.69, 9.17) is 5.11 Å². The van der Waals surface area contributed by atoms with E-state index in [1.165, 1.54) is 0 Å². The standard InChI is InChI=1S/C14H25N3O3/c18-13(19)4-1-7-16-14(20)12-3-2-10-17(12)11-5-8-15-9-6-11/h11-12,15H,1-10H2,(H,16,20)(H,18,19). The third-order valence-corrected chi connectivity index (χ3v) is 4.24. The molecule has 0 aromatic carbocycles. The number of carbonyl (C=O) groups is 2. The van der Waals surface area contributed by atoms with Crippen LogP contribution in [0.3, 0.4) is 0 Å². The molecule has 0 aromatic heterocycles. The average molecular weight is 283 g/mol. The Bertz CT molecular complexity index is 343. The number of carbonyl (C=O) groups excluding carboxylic acids is 1. The fraction of sp³-hybridized carbons (Fsp3) is 0.857. The molecule has 2 aliphatic rings. The largest absolute Gasteiger partial charge is 0.481 e. The minimum Gasteiger partial charge on any atom is -0.481 e. The third kappa shape index (κ3) is 4.18. The number of carboxylic acids is 1. The molecule has 2 aliphatic heterocycles. The molecule has 2 saturated heterocycles. The molecule has 6 nitrogen and oxygen atoms in total. The number of hydrogen-bond donors (Lipinski definition) is 3. The number of carboxylic acid groups (broad SMARTS) is 1. The first kappa shape index (κ1) is 15.3. The Morgan fingerprint density at radius 1 is 1.25 bits per heavy atom. The van der Waals surface area contributed by atoms with Crippen molar-refractivity contribution in [3.63, 3.8) is 0 Å². The summed E-state index contributed by atoms with van der Waals surface area (Å²) in [7, 11) is 0. The van der Waals surface area contributed by atoms with Crippen molar-refractivity contribution < 1.29 is 14.7 Å². The molecule has 2 rings (SSSR count). The minimum absolute atomic E-state index is 0.0112. The van der Waals surface area contributed by atoms with Gasteiger partial charge in [-0.1, -0.05) is 0 Å². The summed E-state index contributed by atoms with van der Waals surface area (Å²) in [6.45, 7) is 3.54. The molecular formula is C14H25N3O3. The van der Waals surface area contributed by atoms with Gasteiger partial charge in [-0.25, -0.2) is 0 Å². The highest BCUT2D eigenvalue weighted by molar-refractivity contribution is 5.82. The Morgan fingerprint density at radius 2 is 2.00 bits per heavy atom. The van der Waals surface area contributed by atoms with Gasteiger partial charge in [0.1, 0.15) is 0 Å². The minimum atomic E-state index is -0.809. The van der Waals surface area contributed by atoms with Crippen LogP contribution in [0.5, 0.6) is 0 Å². The molecule has 20 heavy (non-hydrogen) atoms. The Kier molecular flexibility index (Phi) is 5.79. The van der Waals surface area contributed by atoms with Gasteiger partial charge in [-0.2, -0.15) is 0 Å². The first-order valence-electron chi connectivity index (χ1n) is 7.64. The number of hydrogen-bond acceptors (Lipinski definition) is 4. The van der Waals surface area contributed by atoms with E-state index in [1.807, 2.05) is 0 Å². The van der Waals surface area contributed by atoms with Gasteiger partial charge in [-0.05, 0) is 51.7 Å². The van der Waals surface area contributed by atoms with Crippen molar-refractivity contribution in [1.29, 1.82) is 0 Å². The Hall–Kier alpha value is -1.14. The van der Waals surface area contributed by atoms with E-state index < -0.39 is 5.97 Å². The van der Waals surface area contributed by atoms with Gasteiger partial charge in [0.05, 0.1) is 6.04 Å². The van der Waals surface area contributed by atoms with Crippen LogP contribution in [0, 0.1) is 0 Å². The molecule has 2 heterocycles. The quantitative estimate of drug-likeness (QED) is 0.606. The van der Waals surface area contributed by atoms with Crippen LogP contribution in [-0.2, 0) is 9.59 Å². The Morgan fingerprint density at radius 3 is 2.70 bits per heavy atom. The summed E-state index contributed by atoms with van der Waals surface area (Å²) in [6, 6.07) is 0.511. The number of amides is 1. The molecule has 3 N–H and O–H groups in total. The summed E-state index contributed by atoms with van der Waals surface area (Å²) < 4.78 is 0. The van der Waals surface area contributed by atoms with Crippen molar-refractivity contribution >= 4 is 11.9 Å². The summed E-state index contributed by atoms with van der Waals surface area (Å²) in [5, 5.41) is 14.8. The van der Waals surface area contributed by atoms with Gasteiger partial charge in [-0.15, -0.1) is 0 Å². The van der Waals surface area contributed by atoms with Crippen LogP contribution >= 0.6 is 0 Å². The SMILES string of the molecule is O=C(O)CCCNC(=O)C1CCCN1C1CCNCC1. The van der Waals surface area contributed by atoms with Crippen LogP contribution in [0.25, 0.3) is 0 Å². The van der Waals surface area contributed by atoms with Gasteiger partial charge in [-0.3, -0.25) is 14.5 Å². The van der Waals surface area contributed by atoms with Crippen LogP contribution < -0.4 is 10.6 Å². The summed E-state index contributed by atoms with van der Waals surface area (Å²) in [5.74, 6) is -0.733. The van der Waals surface area contributed by atoms with E-state index in [0.29, 0.717) is 19.0 Å². The van der Waals surface area contributed by atoms with Crippen LogP contribution in [0.2, 0.25) is 0 Å². The number of nitrogens with one attached hydrogen (secondary N) is 2. The van der Waals surface area contributed by atoms with Gasteiger partial charge in [0.25, 0.3) is 0 Å². The molecule has 0 spiro atoms. The van der Waals surface area contributed by atoms with Crippen molar-refractivity contribution in [3.05, 3.63) is 0 Å². The molecule has 0 radical (unpaired) electrons. The second kappa shape index (κ2) is 7.59. The Labute approximate surface area is 119 Å². The second-order valence-corrected chi connectivity index (χ2v) is 5.67. The zero-order valence-corrected chi connectivity index (χ0v) is 11.9. The van der Waals surface area contributed by atoms with Gasteiger partial charge in [0.2, 0.25) is 5.91 Å². The summed E-state index contributed by atoms with van der Waals surface area (Å²) in [4.78, 5) is 25.0. The normalized spacial score (nSPS) is 24.7. The van der Waals surface area contributed by atoms with E-state index >= 15 is 0 Å². The van der Waals surface area contributed by atoms with E-state index in [0.717, 1.165) is 45.3 Å².